The van der Waals surface area contributed by atoms with E-state index in [1.165, 1.54) is 68.9 Å². The highest BCUT2D eigenvalue weighted by Gasteiger charge is 2.21. The molecule has 0 radical (unpaired) electrons. The van der Waals surface area contributed by atoms with Crippen LogP contribution in [0.1, 0.15) is 82.3 Å². The topological polar surface area (TPSA) is 25.8 Å². The number of hydrogen-bond acceptors (Lipinski definition) is 2. The second kappa shape index (κ2) is 9.12. The average Bonchev–Trinajstić information content (AvgIpc) is 2.69. The Morgan fingerprint density at radius 3 is 2.16 bits per heavy atom. The van der Waals surface area contributed by atoms with E-state index < -0.39 is 0 Å². The van der Waals surface area contributed by atoms with Crippen molar-refractivity contribution >= 4 is 0 Å². The Balaban J connectivity index is 1.60. The van der Waals surface area contributed by atoms with Gasteiger partial charge in [0, 0.05) is 18.0 Å². The van der Waals surface area contributed by atoms with Crippen LogP contribution in [0.25, 0.3) is 11.4 Å². The highest BCUT2D eigenvalue weighted by molar-refractivity contribution is 5.55. The van der Waals surface area contributed by atoms with Crippen molar-refractivity contribution in [1.29, 1.82) is 0 Å². The summed E-state index contributed by atoms with van der Waals surface area (Å²) in [7, 11) is 0. The van der Waals surface area contributed by atoms with Crippen LogP contribution < -0.4 is 0 Å². The van der Waals surface area contributed by atoms with Gasteiger partial charge in [0.25, 0.3) is 0 Å². The summed E-state index contributed by atoms with van der Waals surface area (Å²) in [4.78, 5) is 9.31. The van der Waals surface area contributed by atoms with Crippen molar-refractivity contribution < 1.29 is 0 Å². The molecule has 1 aromatic carbocycles. The fourth-order valence-electron chi connectivity index (χ4n) is 4.00. The molecule has 0 unspecified atom stereocenters. The van der Waals surface area contributed by atoms with Crippen molar-refractivity contribution in [3.8, 4) is 11.4 Å². The van der Waals surface area contributed by atoms with E-state index in [4.69, 9.17) is 0 Å². The molecule has 0 saturated heterocycles. The molecule has 0 bridgehead atoms. The molecule has 0 aliphatic heterocycles. The van der Waals surface area contributed by atoms with Crippen LogP contribution in [-0.2, 0) is 6.42 Å². The Hall–Kier alpha value is -1.70. The van der Waals surface area contributed by atoms with Gasteiger partial charge in [-0.3, -0.25) is 0 Å². The minimum atomic E-state index is 0.665. The number of unbranched alkanes of at least 4 members (excludes halogenated alkanes) is 2. The zero-order valence-corrected chi connectivity index (χ0v) is 15.9. The molecule has 134 valence electrons. The van der Waals surface area contributed by atoms with Crippen LogP contribution in [-0.4, -0.2) is 9.97 Å². The molecule has 1 aromatic heterocycles. The largest absolute Gasteiger partial charge is 0.236 e. The Morgan fingerprint density at radius 1 is 0.880 bits per heavy atom. The van der Waals surface area contributed by atoms with Gasteiger partial charge in [0.05, 0.1) is 0 Å². The standard InChI is InChI=1S/C23H32N2/c1-3-5-6-7-19-10-14-21(15-11-19)23-24-16-22(17-25-23)20-12-8-18(4-2)9-13-20/h10-11,14-18,20H,3-9,12-13H2,1-2H3/t18-,20-. The van der Waals surface area contributed by atoms with Crippen molar-refractivity contribution in [2.24, 2.45) is 5.92 Å². The Bertz CT molecular complexity index is 622. The van der Waals surface area contributed by atoms with Gasteiger partial charge >= 0.3 is 0 Å². The van der Waals surface area contributed by atoms with E-state index in [1.54, 1.807) is 0 Å². The molecule has 0 amide bonds. The van der Waals surface area contributed by atoms with Gasteiger partial charge < -0.3 is 0 Å². The fraction of sp³-hybridized carbons (Fsp3) is 0.565. The van der Waals surface area contributed by atoms with Crippen molar-refractivity contribution in [3.63, 3.8) is 0 Å². The quantitative estimate of drug-likeness (QED) is 0.535. The molecule has 1 aliphatic carbocycles. The van der Waals surface area contributed by atoms with E-state index >= 15 is 0 Å². The predicted octanol–water partition coefficient (Wildman–Crippen LogP) is 6.56. The summed E-state index contributed by atoms with van der Waals surface area (Å²) in [6.07, 6.45) is 15.8. The lowest BCUT2D eigenvalue weighted by Crippen LogP contribution is -2.13. The van der Waals surface area contributed by atoms with Gasteiger partial charge in [0.2, 0.25) is 0 Å². The molecule has 1 aliphatic rings. The summed E-state index contributed by atoms with van der Waals surface area (Å²) >= 11 is 0. The molecule has 2 heteroatoms. The van der Waals surface area contributed by atoms with Crippen LogP contribution in [0.15, 0.2) is 36.7 Å². The average molecular weight is 337 g/mol. The van der Waals surface area contributed by atoms with E-state index in [-0.39, 0.29) is 0 Å². The maximum absolute atomic E-state index is 4.66. The highest BCUT2D eigenvalue weighted by atomic mass is 14.9. The van der Waals surface area contributed by atoms with E-state index in [1.807, 2.05) is 0 Å². The van der Waals surface area contributed by atoms with E-state index in [9.17, 15) is 0 Å². The Kier molecular flexibility index (Phi) is 6.61. The van der Waals surface area contributed by atoms with Gasteiger partial charge in [-0.1, -0.05) is 57.4 Å². The first-order valence-electron chi connectivity index (χ1n) is 10.2. The summed E-state index contributed by atoms with van der Waals surface area (Å²) in [5.74, 6) is 2.45. The van der Waals surface area contributed by atoms with E-state index in [2.05, 4.69) is 60.5 Å². The highest BCUT2D eigenvalue weighted by Crippen LogP contribution is 2.36. The van der Waals surface area contributed by atoms with Crippen molar-refractivity contribution in [2.75, 3.05) is 0 Å². The normalized spacial score (nSPS) is 20.6. The van der Waals surface area contributed by atoms with Crippen LogP contribution in [0.5, 0.6) is 0 Å². The lowest BCUT2D eigenvalue weighted by atomic mass is 9.78. The minimum absolute atomic E-state index is 0.665. The molecular weight excluding hydrogens is 304 g/mol. The van der Waals surface area contributed by atoms with Gasteiger partial charge in [0.15, 0.2) is 5.82 Å². The second-order valence-electron chi connectivity index (χ2n) is 7.62. The molecule has 1 heterocycles. The number of hydrogen-bond donors (Lipinski definition) is 0. The Labute approximate surface area is 153 Å². The molecule has 3 rings (SSSR count). The van der Waals surface area contributed by atoms with Crippen LogP contribution in [0.2, 0.25) is 0 Å². The molecule has 25 heavy (non-hydrogen) atoms. The lowest BCUT2D eigenvalue weighted by molar-refractivity contribution is 0.318. The second-order valence-corrected chi connectivity index (χ2v) is 7.62. The summed E-state index contributed by atoms with van der Waals surface area (Å²) in [5, 5.41) is 0. The third-order valence-corrected chi connectivity index (χ3v) is 5.85. The summed E-state index contributed by atoms with van der Waals surface area (Å²) in [6.45, 7) is 4.57. The van der Waals surface area contributed by atoms with Crippen molar-refractivity contribution in [3.05, 3.63) is 47.8 Å². The van der Waals surface area contributed by atoms with Gasteiger partial charge in [-0.15, -0.1) is 0 Å². The van der Waals surface area contributed by atoms with Gasteiger partial charge in [-0.05, 0) is 61.5 Å². The van der Waals surface area contributed by atoms with Gasteiger partial charge in [0.1, 0.15) is 0 Å². The SMILES string of the molecule is CCCCCc1ccc(-c2ncc([C@H]3CC[C@H](CC)CC3)cn2)cc1. The third kappa shape index (κ3) is 4.90. The number of aromatic nitrogens is 2. The molecule has 1 fully saturated rings. The molecule has 2 nitrogen and oxygen atoms in total. The maximum atomic E-state index is 4.66. The molecular formula is C23H32N2. The number of rotatable bonds is 7. The smallest absolute Gasteiger partial charge is 0.159 e. The van der Waals surface area contributed by atoms with E-state index in [0.717, 1.165) is 17.3 Å². The van der Waals surface area contributed by atoms with E-state index in [0.29, 0.717) is 5.92 Å². The number of benzene rings is 1. The molecule has 2 aromatic rings. The lowest BCUT2D eigenvalue weighted by Gasteiger charge is -2.27. The number of aryl methyl sites for hydroxylation is 1. The fourth-order valence-corrected chi connectivity index (χ4v) is 4.00. The van der Waals surface area contributed by atoms with Crippen molar-refractivity contribution in [2.45, 2.75) is 77.6 Å². The van der Waals surface area contributed by atoms with Crippen LogP contribution in [0.3, 0.4) is 0 Å². The minimum Gasteiger partial charge on any atom is -0.236 e. The monoisotopic (exact) mass is 336 g/mol. The first-order chi connectivity index (χ1) is 12.3. The zero-order chi connectivity index (χ0) is 17.5. The van der Waals surface area contributed by atoms with Crippen LogP contribution >= 0.6 is 0 Å². The van der Waals surface area contributed by atoms with Crippen LogP contribution in [0, 0.1) is 5.92 Å². The van der Waals surface area contributed by atoms with Crippen LogP contribution in [0.4, 0.5) is 0 Å². The van der Waals surface area contributed by atoms with Gasteiger partial charge in [-0.2, -0.15) is 0 Å². The molecule has 0 spiro atoms. The zero-order valence-electron chi connectivity index (χ0n) is 15.9. The third-order valence-electron chi connectivity index (χ3n) is 5.85. The summed E-state index contributed by atoms with van der Waals surface area (Å²) < 4.78 is 0. The molecule has 0 atom stereocenters. The van der Waals surface area contributed by atoms with Gasteiger partial charge in [-0.25, -0.2) is 9.97 Å². The first-order valence-corrected chi connectivity index (χ1v) is 10.2. The first kappa shape index (κ1) is 18.1. The summed E-state index contributed by atoms with van der Waals surface area (Å²) in [6, 6.07) is 8.80. The molecule has 1 saturated carbocycles. The van der Waals surface area contributed by atoms with Crippen molar-refractivity contribution in [1.82, 2.24) is 9.97 Å². The summed E-state index contributed by atoms with van der Waals surface area (Å²) in [5.41, 5.74) is 3.87. The predicted molar refractivity (Wildman–Crippen MR) is 106 cm³/mol. The number of nitrogens with zero attached hydrogens (tertiary/aromatic N) is 2. The molecule has 0 N–H and O–H groups in total. The maximum Gasteiger partial charge on any atom is 0.159 e. The Morgan fingerprint density at radius 2 is 1.56 bits per heavy atom.